The highest BCUT2D eigenvalue weighted by Crippen LogP contribution is 2.30. The van der Waals surface area contributed by atoms with Gasteiger partial charge in [-0.05, 0) is 35.9 Å². The molecule has 0 saturated heterocycles. The topological polar surface area (TPSA) is 71.3 Å². The summed E-state index contributed by atoms with van der Waals surface area (Å²) in [4.78, 5) is 24.6. The molecule has 0 saturated carbocycles. The fourth-order valence-electron chi connectivity index (χ4n) is 4.03. The van der Waals surface area contributed by atoms with E-state index in [4.69, 9.17) is 26.0 Å². The lowest BCUT2D eigenvalue weighted by molar-refractivity contribution is -0.121. The number of hydrogen-bond acceptors (Lipinski definition) is 5. The van der Waals surface area contributed by atoms with Crippen molar-refractivity contribution in [2.75, 3.05) is 11.4 Å². The average Bonchev–Trinajstić information content (AvgIpc) is 3.44. The zero-order chi connectivity index (χ0) is 24.7. The van der Waals surface area contributed by atoms with E-state index in [0.29, 0.717) is 36.9 Å². The van der Waals surface area contributed by atoms with Crippen LogP contribution in [-0.4, -0.2) is 22.4 Å². The lowest BCUT2D eigenvalue weighted by atomic mass is 10.1. The van der Waals surface area contributed by atoms with Crippen LogP contribution < -0.4 is 10.2 Å². The number of furan rings is 1. The first kappa shape index (κ1) is 23.6. The summed E-state index contributed by atoms with van der Waals surface area (Å²) < 4.78 is 5.32. The molecule has 0 aliphatic rings. The Balaban J connectivity index is 1.49. The van der Waals surface area contributed by atoms with Gasteiger partial charge < -0.3 is 14.6 Å². The van der Waals surface area contributed by atoms with Crippen LogP contribution >= 0.6 is 11.6 Å². The predicted molar refractivity (Wildman–Crippen MR) is 143 cm³/mol. The standard InChI is InChI=1S/C29H25ClN4O2/c30-23-13-14-25-26(18-23)32-28(22-10-5-2-6-11-22)33-29(25)34(20-21-8-3-1-4-9-21)16-15-27(35)31-19-24-12-7-17-36-24/h1-14,17-18H,15-16,19-20H2,(H,31,35). The van der Waals surface area contributed by atoms with Crippen molar-refractivity contribution in [2.24, 2.45) is 0 Å². The van der Waals surface area contributed by atoms with Crippen LogP contribution in [0.2, 0.25) is 5.02 Å². The number of fused-ring (bicyclic) bond motifs is 1. The van der Waals surface area contributed by atoms with E-state index < -0.39 is 0 Å². The number of anilines is 1. The number of halogens is 1. The van der Waals surface area contributed by atoms with Gasteiger partial charge in [0.1, 0.15) is 11.6 Å². The van der Waals surface area contributed by atoms with Crippen molar-refractivity contribution in [1.82, 2.24) is 15.3 Å². The van der Waals surface area contributed by atoms with Gasteiger partial charge in [-0.1, -0.05) is 72.3 Å². The van der Waals surface area contributed by atoms with E-state index in [2.05, 4.69) is 22.3 Å². The Labute approximate surface area is 214 Å². The Morgan fingerprint density at radius 2 is 1.69 bits per heavy atom. The molecule has 0 fully saturated rings. The Morgan fingerprint density at radius 1 is 0.917 bits per heavy atom. The molecule has 0 bridgehead atoms. The van der Waals surface area contributed by atoms with Gasteiger partial charge in [0.15, 0.2) is 5.82 Å². The molecule has 5 aromatic rings. The van der Waals surface area contributed by atoms with Crippen molar-refractivity contribution >= 4 is 34.2 Å². The number of nitrogens with zero attached hydrogens (tertiary/aromatic N) is 3. The van der Waals surface area contributed by atoms with Crippen LogP contribution in [0.4, 0.5) is 5.82 Å². The zero-order valence-electron chi connectivity index (χ0n) is 19.6. The van der Waals surface area contributed by atoms with Gasteiger partial charge >= 0.3 is 0 Å². The SMILES string of the molecule is O=C(CCN(Cc1ccccc1)c1nc(-c2ccccc2)nc2cc(Cl)ccc12)NCc1ccco1. The van der Waals surface area contributed by atoms with Crippen molar-refractivity contribution in [3.05, 3.63) is 114 Å². The number of rotatable bonds is 9. The first-order chi connectivity index (χ1) is 17.7. The van der Waals surface area contributed by atoms with E-state index in [1.807, 2.05) is 72.8 Å². The van der Waals surface area contributed by atoms with Gasteiger partial charge in [0.25, 0.3) is 0 Å². The molecule has 0 unspecified atom stereocenters. The van der Waals surface area contributed by atoms with E-state index in [0.717, 1.165) is 33.6 Å². The molecule has 2 aromatic heterocycles. The molecule has 5 rings (SSSR count). The van der Waals surface area contributed by atoms with Crippen LogP contribution in [0.25, 0.3) is 22.3 Å². The molecule has 6 nitrogen and oxygen atoms in total. The number of amides is 1. The summed E-state index contributed by atoms with van der Waals surface area (Å²) in [7, 11) is 0. The number of carbonyl (C=O) groups is 1. The molecule has 3 aromatic carbocycles. The Morgan fingerprint density at radius 3 is 2.44 bits per heavy atom. The highest BCUT2D eigenvalue weighted by atomic mass is 35.5. The van der Waals surface area contributed by atoms with E-state index in [9.17, 15) is 4.79 Å². The van der Waals surface area contributed by atoms with Crippen LogP contribution in [0, 0.1) is 0 Å². The van der Waals surface area contributed by atoms with Gasteiger partial charge in [-0.15, -0.1) is 0 Å². The largest absolute Gasteiger partial charge is 0.467 e. The average molecular weight is 497 g/mol. The van der Waals surface area contributed by atoms with Crippen LogP contribution in [0.5, 0.6) is 0 Å². The molecular weight excluding hydrogens is 472 g/mol. The molecule has 0 spiro atoms. The smallest absolute Gasteiger partial charge is 0.222 e. The Bertz CT molecular complexity index is 1440. The monoisotopic (exact) mass is 496 g/mol. The molecule has 0 aliphatic carbocycles. The van der Waals surface area contributed by atoms with Crippen molar-refractivity contribution < 1.29 is 9.21 Å². The lowest BCUT2D eigenvalue weighted by Gasteiger charge is -2.25. The first-order valence-corrected chi connectivity index (χ1v) is 12.1. The molecule has 0 atom stereocenters. The maximum Gasteiger partial charge on any atom is 0.222 e. The Kier molecular flexibility index (Phi) is 7.24. The number of carbonyl (C=O) groups excluding carboxylic acids is 1. The summed E-state index contributed by atoms with van der Waals surface area (Å²) in [5.41, 5.74) is 2.79. The maximum atomic E-state index is 12.7. The molecular formula is C29H25ClN4O2. The normalized spacial score (nSPS) is 10.9. The fraction of sp³-hybridized carbons (Fsp3) is 0.138. The summed E-state index contributed by atoms with van der Waals surface area (Å²) in [6, 6.07) is 29.3. The van der Waals surface area contributed by atoms with Crippen molar-refractivity contribution in [1.29, 1.82) is 0 Å². The summed E-state index contributed by atoms with van der Waals surface area (Å²) in [5.74, 6) is 2.03. The van der Waals surface area contributed by atoms with E-state index in [1.165, 1.54) is 0 Å². The third kappa shape index (κ3) is 5.73. The minimum atomic E-state index is -0.0610. The van der Waals surface area contributed by atoms with Crippen LogP contribution in [-0.2, 0) is 17.9 Å². The maximum absolute atomic E-state index is 12.7. The number of nitrogens with one attached hydrogen (secondary N) is 1. The fourth-order valence-corrected chi connectivity index (χ4v) is 4.20. The van der Waals surface area contributed by atoms with Crippen LogP contribution in [0.1, 0.15) is 17.7 Å². The van der Waals surface area contributed by atoms with E-state index in [1.54, 1.807) is 12.3 Å². The Hall–Kier alpha value is -4.16. The second kappa shape index (κ2) is 11.1. The van der Waals surface area contributed by atoms with Crippen molar-refractivity contribution in [2.45, 2.75) is 19.5 Å². The second-order valence-corrected chi connectivity index (χ2v) is 8.85. The highest BCUT2D eigenvalue weighted by molar-refractivity contribution is 6.31. The second-order valence-electron chi connectivity index (χ2n) is 8.41. The number of hydrogen-bond donors (Lipinski definition) is 1. The number of benzene rings is 3. The lowest BCUT2D eigenvalue weighted by Crippen LogP contribution is -2.31. The van der Waals surface area contributed by atoms with Gasteiger partial charge in [0.05, 0.1) is 18.3 Å². The van der Waals surface area contributed by atoms with E-state index >= 15 is 0 Å². The molecule has 180 valence electrons. The van der Waals surface area contributed by atoms with Gasteiger partial charge in [-0.3, -0.25) is 4.79 Å². The molecule has 2 heterocycles. The highest BCUT2D eigenvalue weighted by Gasteiger charge is 2.18. The van der Waals surface area contributed by atoms with Crippen molar-refractivity contribution in [3.8, 4) is 11.4 Å². The van der Waals surface area contributed by atoms with Gasteiger partial charge in [-0.2, -0.15) is 0 Å². The summed E-state index contributed by atoms with van der Waals surface area (Å²) in [6.45, 7) is 1.43. The predicted octanol–water partition coefficient (Wildman–Crippen LogP) is 6.26. The first-order valence-electron chi connectivity index (χ1n) is 11.8. The summed E-state index contributed by atoms with van der Waals surface area (Å²) in [6.07, 6.45) is 1.90. The molecule has 1 amide bonds. The molecule has 7 heteroatoms. The third-order valence-electron chi connectivity index (χ3n) is 5.84. The van der Waals surface area contributed by atoms with Crippen LogP contribution in [0.15, 0.2) is 102 Å². The summed E-state index contributed by atoms with van der Waals surface area (Å²) >= 11 is 6.32. The van der Waals surface area contributed by atoms with E-state index in [-0.39, 0.29) is 5.91 Å². The number of aromatic nitrogens is 2. The third-order valence-corrected chi connectivity index (χ3v) is 6.07. The molecule has 36 heavy (non-hydrogen) atoms. The van der Waals surface area contributed by atoms with Gasteiger partial charge in [-0.25, -0.2) is 9.97 Å². The van der Waals surface area contributed by atoms with Crippen molar-refractivity contribution in [3.63, 3.8) is 0 Å². The molecule has 0 aliphatic heterocycles. The van der Waals surface area contributed by atoms with Crippen LogP contribution in [0.3, 0.4) is 0 Å². The summed E-state index contributed by atoms with van der Waals surface area (Å²) in [5, 5.41) is 4.42. The van der Waals surface area contributed by atoms with Gasteiger partial charge in [0.2, 0.25) is 5.91 Å². The molecule has 0 radical (unpaired) electrons. The quantitative estimate of drug-likeness (QED) is 0.261. The zero-order valence-corrected chi connectivity index (χ0v) is 20.4. The minimum absolute atomic E-state index is 0.0610. The van der Waals surface area contributed by atoms with Gasteiger partial charge in [0, 0.05) is 35.5 Å². The minimum Gasteiger partial charge on any atom is -0.467 e. The molecule has 1 N–H and O–H groups in total.